The third-order valence-electron chi connectivity index (χ3n) is 3.57. The average molecular weight is 276 g/mol. The fourth-order valence-electron chi connectivity index (χ4n) is 2.21. The Labute approximate surface area is 135 Å². The number of rotatable bonds is 3. The van der Waals surface area contributed by atoms with Crippen molar-refractivity contribution in [2.75, 3.05) is 0 Å². The number of benzene rings is 2. The molecule has 98 valence electrons. The maximum atomic E-state index is 12.5. The van der Waals surface area contributed by atoms with Crippen LogP contribution in [0.4, 0.5) is 0 Å². The molecule has 0 saturated heterocycles. The molecule has 2 aromatic carbocycles. The van der Waals surface area contributed by atoms with Crippen molar-refractivity contribution in [2.24, 2.45) is 0 Å². The Morgan fingerprint density at radius 2 is 1.40 bits per heavy atom. The van der Waals surface area contributed by atoms with E-state index in [9.17, 15) is 4.79 Å². The van der Waals surface area contributed by atoms with Gasteiger partial charge in [-0.1, -0.05) is 36.4 Å². The predicted molar refractivity (Wildman–Crippen MR) is 82.7 cm³/mol. The molecule has 0 aliphatic heterocycles. The summed E-state index contributed by atoms with van der Waals surface area (Å²) in [6.07, 6.45) is 0. The van der Waals surface area contributed by atoms with Gasteiger partial charge in [-0.3, -0.25) is 0 Å². The minimum atomic E-state index is 0. The average Bonchev–Trinajstić information content (AvgIpc) is 2.38. The molecule has 0 amide bonds. The van der Waals surface area contributed by atoms with Gasteiger partial charge in [-0.05, 0) is 55.5 Å². The standard InChI is InChI=1S/C17H18OP.Li/c1-11-10-12(2)14(4)16(13(11)3)17(18)19-15-8-6-5-7-9-15;/h5-10H,1-4H3;/q-1;+1. The predicted octanol–water partition coefficient (Wildman–Crippen LogP) is 1.34. The molecular formula is C17H18LiOP. The summed E-state index contributed by atoms with van der Waals surface area (Å²) in [6, 6.07) is 12.0. The van der Waals surface area contributed by atoms with E-state index in [0.29, 0.717) is 0 Å². The number of hydrogen-bond donors (Lipinski definition) is 0. The van der Waals surface area contributed by atoms with Crippen LogP contribution in [0.1, 0.15) is 32.6 Å². The molecule has 2 rings (SSSR count). The number of aryl methyl sites for hydroxylation is 2. The molecule has 0 saturated carbocycles. The van der Waals surface area contributed by atoms with Crippen molar-refractivity contribution in [2.45, 2.75) is 27.7 Å². The quantitative estimate of drug-likeness (QED) is 0.611. The molecule has 20 heavy (non-hydrogen) atoms. The maximum absolute atomic E-state index is 12.5. The van der Waals surface area contributed by atoms with Crippen LogP contribution in [0.25, 0.3) is 0 Å². The Morgan fingerprint density at radius 1 is 0.900 bits per heavy atom. The number of carbonyl (C=O) groups excluding carboxylic acids is 1. The molecule has 0 aliphatic rings. The molecule has 0 aliphatic carbocycles. The Bertz CT molecular complexity index is 594. The summed E-state index contributed by atoms with van der Waals surface area (Å²) >= 11 is 0. The summed E-state index contributed by atoms with van der Waals surface area (Å²) in [5, 5.41) is 1.05. The molecule has 0 N–H and O–H groups in total. The van der Waals surface area contributed by atoms with Crippen molar-refractivity contribution in [1.82, 2.24) is 0 Å². The Kier molecular flexibility index (Phi) is 6.22. The maximum Gasteiger partial charge on any atom is 1.00 e. The molecule has 3 heteroatoms. The fourth-order valence-corrected chi connectivity index (χ4v) is 3.22. The third kappa shape index (κ3) is 3.61. The second-order valence-electron chi connectivity index (χ2n) is 4.89. The molecule has 1 nitrogen and oxygen atoms in total. The summed E-state index contributed by atoms with van der Waals surface area (Å²) in [5.41, 5.74) is 5.67. The molecule has 0 unspecified atom stereocenters. The molecule has 0 bridgehead atoms. The first-order valence-corrected chi connectivity index (χ1v) is 7.28. The van der Waals surface area contributed by atoms with E-state index in [4.69, 9.17) is 0 Å². The van der Waals surface area contributed by atoms with E-state index in [1.54, 1.807) is 0 Å². The van der Waals surface area contributed by atoms with E-state index >= 15 is 0 Å². The number of carbonyl (C=O) groups is 1. The van der Waals surface area contributed by atoms with Gasteiger partial charge in [0.25, 0.3) is 0 Å². The summed E-state index contributed by atoms with van der Waals surface area (Å²) in [7, 11) is 0.753. The van der Waals surface area contributed by atoms with E-state index in [1.165, 1.54) is 11.1 Å². The van der Waals surface area contributed by atoms with Crippen molar-refractivity contribution in [3.63, 3.8) is 0 Å². The smallest absolute Gasteiger partial charge is 0.426 e. The second kappa shape index (κ2) is 7.23. The van der Waals surface area contributed by atoms with E-state index < -0.39 is 0 Å². The van der Waals surface area contributed by atoms with Gasteiger partial charge in [-0.25, -0.2) is 0 Å². The van der Waals surface area contributed by atoms with Crippen LogP contribution >= 0.6 is 8.58 Å². The topological polar surface area (TPSA) is 17.1 Å². The van der Waals surface area contributed by atoms with Gasteiger partial charge in [0.15, 0.2) is 0 Å². The first-order chi connectivity index (χ1) is 9.00. The van der Waals surface area contributed by atoms with Gasteiger partial charge >= 0.3 is 18.9 Å². The van der Waals surface area contributed by atoms with Gasteiger partial charge in [0, 0.05) is 5.52 Å². The summed E-state index contributed by atoms with van der Waals surface area (Å²) in [5.74, 6) is 0. The largest absolute Gasteiger partial charge is 1.00 e. The van der Waals surface area contributed by atoms with Gasteiger partial charge in [0.05, 0.1) is 0 Å². The van der Waals surface area contributed by atoms with Gasteiger partial charge in [-0.2, -0.15) is 5.30 Å². The molecule has 0 radical (unpaired) electrons. The van der Waals surface area contributed by atoms with E-state index in [-0.39, 0.29) is 24.4 Å². The summed E-state index contributed by atoms with van der Waals surface area (Å²) in [4.78, 5) is 12.5. The van der Waals surface area contributed by atoms with Crippen LogP contribution in [0.2, 0.25) is 0 Å². The molecule has 0 spiro atoms. The minimum absolute atomic E-state index is 0. The van der Waals surface area contributed by atoms with E-state index in [0.717, 1.165) is 30.6 Å². The van der Waals surface area contributed by atoms with Crippen molar-refractivity contribution in [3.05, 3.63) is 64.2 Å². The van der Waals surface area contributed by atoms with Crippen LogP contribution in [-0.4, -0.2) is 5.52 Å². The first-order valence-electron chi connectivity index (χ1n) is 6.39. The van der Waals surface area contributed by atoms with Crippen molar-refractivity contribution < 1.29 is 23.7 Å². The fraction of sp³-hybridized carbons (Fsp3) is 0.235. The van der Waals surface area contributed by atoms with Crippen LogP contribution in [0.3, 0.4) is 0 Å². The third-order valence-corrected chi connectivity index (χ3v) is 4.55. The molecule has 2 aromatic rings. The zero-order valence-electron chi connectivity index (χ0n) is 12.8. The van der Waals surface area contributed by atoms with Crippen LogP contribution in [0.5, 0.6) is 0 Å². The number of hydrogen-bond acceptors (Lipinski definition) is 1. The minimum Gasteiger partial charge on any atom is -0.426 e. The van der Waals surface area contributed by atoms with E-state index in [2.05, 4.69) is 19.9 Å². The Morgan fingerprint density at radius 3 is 1.90 bits per heavy atom. The van der Waals surface area contributed by atoms with Gasteiger partial charge in [-0.15, -0.1) is 0 Å². The second-order valence-corrected chi connectivity index (χ2v) is 6.03. The zero-order valence-corrected chi connectivity index (χ0v) is 13.7. The molecular weight excluding hydrogens is 258 g/mol. The summed E-state index contributed by atoms with van der Waals surface area (Å²) < 4.78 is 0. The molecule has 0 fully saturated rings. The van der Waals surface area contributed by atoms with Crippen molar-refractivity contribution in [3.8, 4) is 0 Å². The van der Waals surface area contributed by atoms with Crippen molar-refractivity contribution >= 4 is 19.4 Å². The normalized spacial score (nSPS) is 10.6. The van der Waals surface area contributed by atoms with Gasteiger partial charge < -0.3 is 13.4 Å². The van der Waals surface area contributed by atoms with E-state index in [1.807, 2.05) is 44.2 Å². The van der Waals surface area contributed by atoms with Gasteiger partial charge in [0.1, 0.15) is 0 Å². The Hall–Kier alpha value is -0.863. The van der Waals surface area contributed by atoms with Gasteiger partial charge in [0.2, 0.25) is 0 Å². The first kappa shape index (κ1) is 17.2. The molecule has 0 aromatic heterocycles. The molecule has 0 heterocycles. The Balaban J connectivity index is 0.00000200. The summed E-state index contributed by atoms with van der Waals surface area (Å²) in [6.45, 7) is 8.21. The van der Waals surface area contributed by atoms with Crippen LogP contribution in [-0.2, 0) is 0 Å². The zero-order chi connectivity index (χ0) is 14.0. The van der Waals surface area contributed by atoms with Crippen LogP contribution < -0.4 is 24.2 Å². The molecule has 0 atom stereocenters. The van der Waals surface area contributed by atoms with Crippen molar-refractivity contribution in [1.29, 1.82) is 0 Å². The van der Waals surface area contributed by atoms with Crippen LogP contribution in [0, 0.1) is 27.7 Å². The van der Waals surface area contributed by atoms with Crippen LogP contribution in [0.15, 0.2) is 36.4 Å². The monoisotopic (exact) mass is 276 g/mol. The SMILES string of the molecule is Cc1cc(C)c(C)c(C(=O)[P-]c2ccccc2)c1C.[Li+].